The molecular formula is C22H22N4O6. The van der Waals surface area contributed by atoms with E-state index in [2.05, 4.69) is 10.3 Å². The first kappa shape index (κ1) is 20.1. The normalized spacial score (nSPS) is 21.9. The van der Waals surface area contributed by atoms with Crippen molar-refractivity contribution >= 4 is 23.6 Å². The van der Waals surface area contributed by atoms with Crippen LogP contribution < -0.4 is 14.8 Å². The number of benzene rings is 1. The minimum atomic E-state index is -1.34. The molecule has 0 bridgehead atoms. The van der Waals surface area contributed by atoms with Crippen LogP contribution in [0.15, 0.2) is 30.5 Å². The van der Waals surface area contributed by atoms with Crippen LogP contribution in [0.5, 0.6) is 11.5 Å². The van der Waals surface area contributed by atoms with Gasteiger partial charge in [-0.15, -0.1) is 0 Å². The van der Waals surface area contributed by atoms with Gasteiger partial charge in [0, 0.05) is 24.8 Å². The SMILES string of the molecule is CC1(c2ccc3c(c2)OCO3)NC(=O)N(CC(=O)c2c[nH]c(C(=O)N3CCCC3)c2)C1=O. The Morgan fingerprint density at radius 2 is 1.84 bits per heavy atom. The van der Waals surface area contributed by atoms with Crippen LogP contribution in [-0.2, 0) is 10.3 Å². The number of ketones is 1. The number of amides is 4. The van der Waals surface area contributed by atoms with E-state index in [4.69, 9.17) is 9.47 Å². The highest BCUT2D eigenvalue weighted by Gasteiger charge is 2.50. The standard InChI is InChI=1S/C22H22N4O6/c1-22(14-4-5-17-18(9-14)32-12-31-17)20(29)26(21(30)24-22)11-16(27)13-8-15(23-10-13)19(28)25-6-2-3-7-25/h4-5,8-10,23H,2-3,6-7,11-12H2,1H3,(H,24,30). The van der Waals surface area contributed by atoms with Crippen molar-refractivity contribution in [1.29, 1.82) is 0 Å². The zero-order valence-electron chi connectivity index (χ0n) is 17.5. The summed E-state index contributed by atoms with van der Waals surface area (Å²) in [5, 5.41) is 2.68. The highest BCUT2D eigenvalue weighted by atomic mass is 16.7. The van der Waals surface area contributed by atoms with Crippen molar-refractivity contribution in [2.24, 2.45) is 0 Å². The molecule has 0 radical (unpaired) electrons. The van der Waals surface area contributed by atoms with Gasteiger partial charge in [0.1, 0.15) is 11.2 Å². The van der Waals surface area contributed by atoms with Gasteiger partial charge in [0.25, 0.3) is 11.8 Å². The predicted octanol–water partition coefficient (Wildman–Crippen LogP) is 1.63. The lowest BCUT2D eigenvalue weighted by Crippen LogP contribution is -2.41. The number of aromatic nitrogens is 1. The molecule has 0 spiro atoms. The lowest BCUT2D eigenvalue weighted by molar-refractivity contribution is -0.130. The number of likely N-dealkylation sites (tertiary alicyclic amines) is 1. The number of hydrogen-bond donors (Lipinski definition) is 2. The molecule has 10 nitrogen and oxygen atoms in total. The van der Waals surface area contributed by atoms with Crippen molar-refractivity contribution in [2.45, 2.75) is 25.3 Å². The third kappa shape index (κ3) is 3.19. The molecule has 1 aromatic heterocycles. The van der Waals surface area contributed by atoms with Crippen LogP contribution in [0.4, 0.5) is 4.79 Å². The Balaban J connectivity index is 1.31. The number of carbonyl (C=O) groups is 4. The number of nitrogens with one attached hydrogen (secondary N) is 2. The molecule has 2 N–H and O–H groups in total. The van der Waals surface area contributed by atoms with Gasteiger partial charge in [-0.05, 0) is 43.5 Å². The van der Waals surface area contributed by atoms with Gasteiger partial charge in [0.2, 0.25) is 6.79 Å². The summed E-state index contributed by atoms with van der Waals surface area (Å²) in [5.41, 5.74) is -0.259. The maximum absolute atomic E-state index is 13.1. The highest BCUT2D eigenvalue weighted by Crippen LogP contribution is 2.37. The van der Waals surface area contributed by atoms with Crippen molar-refractivity contribution < 1.29 is 28.7 Å². The fourth-order valence-corrected chi connectivity index (χ4v) is 4.25. The summed E-state index contributed by atoms with van der Waals surface area (Å²) >= 11 is 0. The molecule has 2 saturated heterocycles. The van der Waals surface area contributed by atoms with Gasteiger partial charge in [-0.3, -0.25) is 19.3 Å². The van der Waals surface area contributed by atoms with E-state index in [9.17, 15) is 19.2 Å². The van der Waals surface area contributed by atoms with Crippen LogP contribution >= 0.6 is 0 Å². The maximum Gasteiger partial charge on any atom is 0.325 e. The smallest absolute Gasteiger partial charge is 0.325 e. The van der Waals surface area contributed by atoms with Crippen LogP contribution in [0.2, 0.25) is 0 Å². The first-order chi connectivity index (χ1) is 15.4. The highest BCUT2D eigenvalue weighted by molar-refractivity contribution is 6.11. The number of nitrogens with zero attached hydrogens (tertiary/aromatic N) is 2. The summed E-state index contributed by atoms with van der Waals surface area (Å²) < 4.78 is 10.7. The van der Waals surface area contributed by atoms with Crippen LogP contribution in [-0.4, -0.2) is 64.8 Å². The van der Waals surface area contributed by atoms with Crippen LogP contribution in [0.3, 0.4) is 0 Å². The Hall–Kier alpha value is -3.82. The number of urea groups is 1. The van der Waals surface area contributed by atoms with E-state index in [-0.39, 0.29) is 18.3 Å². The molecule has 1 atom stereocenters. The lowest BCUT2D eigenvalue weighted by atomic mass is 9.91. The largest absolute Gasteiger partial charge is 0.454 e. The zero-order valence-corrected chi connectivity index (χ0v) is 17.5. The van der Waals surface area contributed by atoms with Crippen molar-refractivity contribution in [2.75, 3.05) is 26.4 Å². The molecule has 1 unspecified atom stereocenters. The predicted molar refractivity (Wildman–Crippen MR) is 110 cm³/mol. The zero-order chi connectivity index (χ0) is 22.5. The number of imide groups is 1. The minimum absolute atomic E-state index is 0.0926. The van der Waals surface area contributed by atoms with Gasteiger partial charge in [-0.25, -0.2) is 4.79 Å². The Bertz CT molecular complexity index is 1140. The van der Waals surface area contributed by atoms with E-state index in [1.807, 2.05) is 0 Å². The summed E-state index contributed by atoms with van der Waals surface area (Å²) in [4.78, 5) is 56.5. The third-order valence-electron chi connectivity index (χ3n) is 6.16. The maximum atomic E-state index is 13.1. The molecule has 1 aromatic carbocycles. The number of H-pyrrole nitrogens is 1. The number of ether oxygens (including phenoxy) is 2. The molecule has 10 heteroatoms. The van der Waals surface area contributed by atoms with Crippen molar-refractivity contribution in [1.82, 2.24) is 20.1 Å². The second-order valence-corrected chi connectivity index (χ2v) is 8.24. The van der Waals surface area contributed by atoms with Crippen molar-refractivity contribution in [3.05, 3.63) is 47.3 Å². The second-order valence-electron chi connectivity index (χ2n) is 8.24. The summed E-state index contributed by atoms with van der Waals surface area (Å²) in [5.74, 6) is -0.0959. The van der Waals surface area contributed by atoms with Gasteiger partial charge in [-0.2, -0.15) is 0 Å². The molecule has 0 aliphatic carbocycles. The Morgan fingerprint density at radius 3 is 2.62 bits per heavy atom. The Kier molecular flexibility index (Phi) is 4.65. The van der Waals surface area contributed by atoms with Gasteiger partial charge in [0.15, 0.2) is 17.3 Å². The molecule has 2 aromatic rings. The molecule has 166 valence electrons. The first-order valence-corrected chi connectivity index (χ1v) is 10.4. The monoisotopic (exact) mass is 438 g/mol. The van der Waals surface area contributed by atoms with E-state index < -0.39 is 29.8 Å². The topological polar surface area (TPSA) is 121 Å². The van der Waals surface area contributed by atoms with E-state index >= 15 is 0 Å². The number of hydrogen-bond acceptors (Lipinski definition) is 6. The number of fused-ring (bicyclic) bond motifs is 1. The van der Waals surface area contributed by atoms with E-state index in [1.54, 1.807) is 30.0 Å². The minimum Gasteiger partial charge on any atom is -0.454 e. The van der Waals surface area contributed by atoms with Gasteiger partial charge in [0.05, 0.1) is 6.54 Å². The molecule has 0 saturated carbocycles. The fraction of sp³-hybridized carbons (Fsp3) is 0.364. The summed E-state index contributed by atoms with van der Waals surface area (Å²) in [6, 6.07) is 5.81. The average Bonchev–Trinajstić information content (AvgIpc) is 3.57. The van der Waals surface area contributed by atoms with Crippen LogP contribution in [0.1, 0.15) is 46.2 Å². The van der Waals surface area contributed by atoms with Crippen LogP contribution in [0, 0.1) is 0 Å². The van der Waals surface area contributed by atoms with E-state index in [1.165, 1.54) is 12.3 Å². The van der Waals surface area contributed by atoms with Crippen LogP contribution in [0.25, 0.3) is 0 Å². The molecule has 2 fully saturated rings. The molecule has 4 amide bonds. The first-order valence-electron chi connectivity index (χ1n) is 10.4. The molecule has 5 rings (SSSR count). The van der Waals surface area contributed by atoms with Crippen molar-refractivity contribution in [3.8, 4) is 11.5 Å². The number of aromatic amines is 1. The van der Waals surface area contributed by atoms with Gasteiger partial charge in [-0.1, -0.05) is 6.07 Å². The van der Waals surface area contributed by atoms with E-state index in [0.29, 0.717) is 35.8 Å². The summed E-state index contributed by atoms with van der Waals surface area (Å²) in [6.07, 6.45) is 3.36. The van der Waals surface area contributed by atoms with Gasteiger partial charge >= 0.3 is 6.03 Å². The number of rotatable bonds is 5. The molecule has 3 aliphatic heterocycles. The summed E-state index contributed by atoms with van der Waals surface area (Å²) in [7, 11) is 0. The number of Topliss-reactive ketones (excluding diaryl/α,β-unsaturated/α-hetero) is 1. The number of carbonyl (C=O) groups excluding carboxylic acids is 4. The second kappa shape index (κ2) is 7.40. The third-order valence-corrected chi connectivity index (χ3v) is 6.16. The Labute approximate surface area is 183 Å². The molecule has 4 heterocycles. The quantitative estimate of drug-likeness (QED) is 0.541. The lowest BCUT2D eigenvalue weighted by Gasteiger charge is -2.22. The molecular weight excluding hydrogens is 416 g/mol. The summed E-state index contributed by atoms with van der Waals surface area (Å²) in [6.45, 7) is 2.64. The average molecular weight is 438 g/mol. The van der Waals surface area contributed by atoms with Gasteiger partial charge < -0.3 is 24.7 Å². The van der Waals surface area contributed by atoms with E-state index in [0.717, 1.165) is 17.7 Å². The fourth-order valence-electron chi connectivity index (χ4n) is 4.25. The van der Waals surface area contributed by atoms with Crippen molar-refractivity contribution in [3.63, 3.8) is 0 Å². The Morgan fingerprint density at radius 1 is 1.09 bits per heavy atom. The molecule has 32 heavy (non-hydrogen) atoms. The molecule has 3 aliphatic rings.